The lowest BCUT2D eigenvalue weighted by molar-refractivity contribution is -0.130. The Morgan fingerprint density at radius 2 is 1.53 bits per heavy atom. The van der Waals surface area contributed by atoms with E-state index in [4.69, 9.17) is 18.9 Å². The first kappa shape index (κ1) is 23.5. The van der Waals surface area contributed by atoms with Crippen LogP contribution in [0.1, 0.15) is 25.8 Å². The Labute approximate surface area is 190 Å². The molecular formula is C26H33NO5. The fourth-order valence-corrected chi connectivity index (χ4v) is 4.07. The molecule has 3 rings (SSSR count). The molecule has 0 bridgehead atoms. The minimum atomic E-state index is 0.159. The highest BCUT2D eigenvalue weighted by molar-refractivity contribution is 6.13. The van der Waals surface area contributed by atoms with Crippen molar-refractivity contribution in [2.45, 2.75) is 26.7 Å². The molecule has 0 aliphatic carbocycles. The summed E-state index contributed by atoms with van der Waals surface area (Å²) in [6, 6.07) is 10.1. The van der Waals surface area contributed by atoms with Crippen LogP contribution in [0.25, 0.3) is 21.5 Å². The van der Waals surface area contributed by atoms with E-state index in [-0.39, 0.29) is 5.91 Å². The van der Waals surface area contributed by atoms with Crippen molar-refractivity contribution in [2.75, 3.05) is 42.0 Å². The third kappa shape index (κ3) is 4.54. The van der Waals surface area contributed by atoms with E-state index in [2.05, 4.69) is 26.0 Å². The van der Waals surface area contributed by atoms with Crippen LogP contribution in [-0.2, 0) is 11.2 Å². The maximum absolute atomic E-state index is 12.4. The van der Waals surface area contributed by atoms with Crippen molar-refractivity contribution in [1.82, 2.24) is 4.90 Å². The van der Waals surface area contributed by atoms with Gasteiger partial charge < -0.3 is 23.8 Å². The van der Waals surface area contributed by atoms with Gasteiger partial charge in [-0.25, -0.2) is 0 Å². The standard InChI is InChI=1S/C26H33NO5/c1-16(2)12-24(28)27(3)11-10-18-14-23(31-6)26(32-7)25-19(18)9-8-17-13-21(29-4)22(30-5)15-20(17)25/h8-9,13-16H,10-12H2,1-7H3. The molecule has 1 amide bonds. The Kier molecular flexibility index (Phi) is 7.33. The number of amides is 1. The number of hydrogen-bond acceptors (Lipinski definition) is 5. The first-order valence-corrected chi connectivity index (χ1v) is 10.8. The molecule has 0 N–H and O–H groups in total. The van der Waals surface area contributed by atoms with E-state index in [1.807, 2.05) is 25.2 Å². The SMILES string of the molecule is COc1cc2ccc3c(CCN(C)C(=O)CC(C)C)cc(OC)c(OC)c3c2cc1OC. The minimum absolute atomic E-state index is 0.159. The molecule has 0 spiro atoms. The summed E-state index contributed by atoms with van der Waals surface area (Å²) in [5.74, 6) is 3.16. The number of rotatable bonds is 9. The molecule has 0 aliphatic rings. The lowest BCUT2D eigenvalue weighted by atomic mass is 9.95. The monoisotopic (exact) mass is 439 g/mol. The van der Waals surface area contributed by atoms with Gasteiger partial charge in [0.2, 0.25) is 5.91 Å². The maximum atomic E-state index is 12.4. The quantitative estimate of drug-likeness (QED) is 0.436. The molecule has 0 saturated heterocycles. The van der Waals surface area contributed by atoms with Gasteiger partial charge in [-0.3, -0.25) is 4.79 Å². The zero-order valence-electron chi connectivity index (χ0n) is 20.1. The number of benzene rings is 3. The Balaban J connectivity index is 2.16. The molecule has 0 fully saturated rings. The average molecular weight is 440 g/mol. The van der Waals surface area contributed by atoms with Crippen LogP contribution in [0.3, 0.4) is 0 Å². The summed E-state index contributed by atoms with van der Waals surface area (Å²) in [5, 5.41) is 4.02. The zero-order chi connectivity index (χ0) is 23.4. The molecule has 3 aromatic carbocycles. The van der Waals surface area contributed by atoms with E-state index in [1.54, 1.807) is 33.3 Å². The third-order valence-corrected chi connectivity index (χ3v) is 5.78. The van der Waals surface area contributed by atoms with Crippen LogP contribution in [0.5, 0.6) is 23.0 Å². The third-order valence-electron chi connectivity index (χ3n) is 5.78. The second kappa shape index (κ2) is 9.98. The summed E-state index contributed by atoms with van der Waals surface area (Å²) in [6.45, 7) is 4.74. The van der Waals surface area contributed by atoms with Gasteiger partial charge in [-0.15, -0.1) is 0 Å². The lowest BCUT2D eigenvalue weighted by Gasteiger charge is -2.21. The molecule has 0 atom stereocenters. The van der Waals surface area contributed by atoms with Crippen LogP contribution in [0.15, 0.2) is 30.3 Å². The fraction of sp³-hybridized carbons (Fsp3) is 0.423. The van der Waals surface area contributed by atoms with Crippen molar-refractivity contribution in [2.24, 2.45) is 5.92 Å². The molecule has 0 aromatic heterocycles. The predicted molar refractivity (Wildman–Crippen MR) is 128 cm³/mol. The molecule has 172 valence electrons. The van der Waals surface area contributed by atoms with E-state index < -0.39 is 0 Å². The fourth-order valence-electron chi connectivity index (χ4n) is 4.07. The van der Waals surface area contributed by atoms with Crippen LogP contribution in [-0.4, -0.2) is 52.8 Å². The number of ether oxygens (including phenoxy) is 4. The van der Waals surface area contributed by atoms with E-state index in [1.165, 1.54) is 0 Å². The number of fused-ring (bicyclic) bond motifs is 3. The van der Waals surface area contributed by atoms with E-state index >= 15 is 0 Å². The van der Waals surface area contributed by atoms with Gasteiger partial charge in [-0.05, 0) is 52.3 Å². The van der Waals surface area contributed by atoms with Crippen molar-refractivity contribution < 1.29 is 23.7 Å². The molecule has 0 saturated carbocycles. The smallest absolute Gasteiger partial charge is 0.222 e. The van der Waals surface area contributed by atoms with Crippen LogP contribution in [0.4, 0.5) is 0 Å². The van der Waals surface area contributed by atoms with Crippen LogP contribution in [0.2, 0.25) is 0 Å². The summed E-state index contributed by atoms with van der Waals surface area (Å²) in [4.78, 5) is 14.2. The average Bonchev–Trinajstić information content (AvgIpc) is 2.79. The summed E-state index contributed by atoms with van der Waals surface area (Å²) in [6.07, 6.45) is 1.26. The first-order chi connectivity index (χ1) is 15.3. The number of carbonyl (C=O) groups excluding carboxylic acids is 1. The summed E-state index contributed by atoms with van der Waals surface area (Å²) in [7, 11) is 8.40. The largest absolute Gasteiger partial charge is 0.493 e. The molecule has 3 aromatic rings. The first-order valence-electron chi connectivity index (χ1n) is 10.8. The van der Waals surface area contributed by atoms with Gasteiger partial charge in [0.15, 0.2) is 23.0 Å². The summed E-state index contributed by atoms with van der Waals surface area (Å²) < 4.78 is 22.5. The van der Waals surface area contributed by atoms with Crippen LogP contribution in [0, 0.1) is 5.92 Å². The van der Waals surface area contributed by atoms with Gasteiger partial charge in [0, 0.05) is 25.4 Å². The van der Waals surface area contributed by atoms with Crippen molar-refractivity contribution in [3.05, 3.63) is 35.9 Å². The lowest BCUT2D eigenvalue weighted by Crippen LogP contribution is -2.29. The van der Waals surface area contributed by atoms with Crippen molar-refractivity contribution in [3.63, 3.8) is 0 Å². The second-order valence-corrected chi connectivity index (χ2v) is 8.35. The maximum Gasteiger partial charge on any atom is 0.222 e. The van der Waals surface area contributed by atoms with Crippen LogP contribution >= 0.6 is 0 Å². The van der Waals surface area contributed by atoms with Gasteiger partial charge >= 0.3 is 0 Å². The predicted octanol–water partition coefficient (Wildman–Crippen LogP) is 5.07. The Bertz CT molecular complexity index is 1120. The van der Waals surface area contributed by atoms with Crippen LogP contribution < -0.4 is 18.9 Å². The molecule has 6 nitrogen and oxygen atoms in total. The summed E-state index contributed by atoms with van der Waals surface area (Å²) >= 11 is 0. The minimum Gasteiger partial charge on any atom is -0.493 e. The topological polar surface area (TPSA) is 57.2 Å². The molecule has 0 aliphatic heterocycles. The van der Waals surface area contributed by atoms with E-state index in [0.717, 1.165) is 27.1 Å². The second-order valence-electron chi connectivity index (χ2n) is 8.35. The molecule has 32 heavy (non-hydrogen) atoms. The Morgan fingerprint density at radius 1 is 0.875 bits per heavy atom. The van der Waals surface area contributed by atoms with E-state index in [9.17, 15) is 4.79 Å². The van der Waals surface area contributed by atoms with Gasteiger partial charge in [-0.2, -0.15) is 0 Å². The molecule has 6 heteroatoms. The van der Waals surface area contributed by atoms with Gasteiger partial charge in [-0.1, -0.05) is 26.0 Å². The number of hydrogen-bond donors (Lipinski definition) is 0. The van der Waals surface area contributed by atoms with Gasteiger partial charge in [0.1, 0.15) is 0 Å². The Morgan fingerprint density at radius 3 is 2.12 bits per heavy atom. The van der Waals surface area contributed by atoms with Gasteiger partial charge in [0.05, 0.1) is 28.4 Å². The van der Waals surface area contributed by atoms with Crippen molar-refractivity contribution in [3.8, 4) is 23.0 Å². The van der Waals surface area contributed by atoms with Gasteiger partial charge in [0.25, 0.3) is 0 Å². The highest BCUT2D eigenvalue weighted by Gasteiger charge is 2.19. The molecule has 0 heterocycles. The van der Waals surface area contributed by atoms with Crippen molar-refractivity contribution in [1.29, 1.82) is 0 Å². The number of nitrogens with zero attached hydrogens (tertiary/aromatic N) is 1. The number of carbonyl (C=O) groups is 1. The number of likely N-dealkylation sites (N-methyl/N-ethyl adjacent to an activating group) is 1. The highest BCUT2D eigenvalue weighted by atomic mass is 16.5. The molecule has 0 unspecified atom stereocenters. The van der Waals surface area contributed by atoms with Crippen molar-refractivity contribution >= 4 is 27.5 Å². The Hall–Kier alpha value is -3.15. The normalized spacial score (nSPS) is 11.1. The highest BCUT2D eigenvalue weighted by Crippen LogP contribution is 2.44. The number of methoxy groups -OCH3 is 4. The summed E-state index contributed by atoms with van der Waals surface area (Å²) in [5.41, 5.74) is 1.10. The van der Waals surface area contributed by atoms with E-state index in [0.29, 0.717) is 48.3 Å². The molecule has 0 radical (unpaired) electrons. The zero-order valence-corrected chi connectivity index (χ0v) is 20.1. The molecular weight excluding hydrogens is 406 g/mol.